The fourth-order valence-electron chi connectivity index (χ4n) is 4.20. The predicted molar refractivity (Wildman–Crippen MR) is 111 cm³/mol. The number of halogens is 1. The molecule has 0 aliphatic carbocycles. The first-order chi connectivity index (χ1) is 13.9. The highest BCUT2D eigenvalue weighted by Gasteiger charge is 2.28. The van der Waals surface area contributed by atoms with E-state index in [1.807, 2.05) is 26.8 Å². The van der Waals surface area contributed by atoms with E-state index in [1.165, 1.54) is 12.1 Å². The van der Waals surface area contributed by atoms with Gasteiger partial charge in [0.15, 0.2) is 5.76 Å². The van der Waals surface area contributed by atoms with Crippen LogP contribution in [0.25, 0.3) is 11.0 Å². The molecule has 2 heterocycles. The molecule has 0 radical (unpaired) electrons. The zero-order chi connectivity index (χ0) is 20.5. The van der Waals surface area contributed by atoms with Gasteiger partial charge in [0.1, 0.15) is 11.4 Å². The maximum absolute atomic E-state index is 13.5. The minimum absolute atomic E-state index is 0.0214. The SMILES string of the molecule is Cc1cc(C)c2c(C)c(C(=O)N(Cc3ccc(F)cc3)CC3CCCO3)oc2c1. The summed E-state index contributed by atoms with van der Waals surface area (Å²) in [5.74, 6) is -0.0749. The molecule has 1 aromatic heterocycles. The Morgan fingerprint density at radius 1 is 1.17 bits per heavy atom. The predicted octanol–water partition coefficient (Wildman–Crippen LogP) is 5.32. The Morgan fingerprint density at radius 2 is 1.93 bits per heavy atom. The van der Waals surface area contributed by atoms with Crippen LogP contribution in [-0.2, 0) is 11.3 Å². The Hall–Kier alpha value is -2.66. The number of benzene rings is 2. The van der Waals surface area contributed by atoms with E-state index < -0.39 is 0 Å². The quantitative estimate of drug-likeness (QED) is 0.587. The second-order valence-electron chi connectivity index (χ2n) is 7.96. The summed E-state index contributed by atoms with van der Waals surface area (Å²) in [6, 6.07) is 10.3. The van der Waals surface area contributed by atoms with Crippen molar-refractivity contribution in [3.8, 4) is 0 Å². The van der Waals surface area contributed by atoms with E-state index in [0.717, 1.165) is 52.7 Å². The summed E-state index contributed by atoms with van der Waals surface area (Å²) in [5, 5.41) is 0.998. The number of ether oxygens (including phenoxy) is 1. The molecular weight excluding hydrogens is 369 g/mol. The number of carbonyl (C=O) groups is 1. The molecule has 1 aliphatic rings. The first kappa shape index (κ1) is 19.6. The summed E-state index contributed by atoms with van der Waals surface area (Å²) in [6.45, 7) is 7.59. The second kappa shape index (κ2) is 7.99. The van der Waals surface area contributed by atoms with Crippen molar-refractivity contribution in [2.75, 3.05) is 13.2 Å². The van der Waals surface area contributed by atoms with Crippen molar-refractivity contribution in [3.05, 3.63) is 70.2 Å². The molecule has 0 N–H and O–H groups in total. The van der Waals surface area contributed by atoms with Gasteiger partial charge in [-0.15, -0.1) is 0 Å². The largest absolute Gasteiger partial charge is 0.451 e. The van der Waals surface area contributed by atoms with Gasteiger partial charge in [0.2, 0.25) is 0 Å². The van der Waals surface area contributed by atoms with Gasteiger partial charge in [0, 0.05) is 30.6 Å². The summed E-state index contributed by atoms with van der Waals surface area (Å²) >= 11 is 0. The number of aryl methyl sites for hydroxylation is 3. The van der Waals surface area contributed by atoms with Crippen LogP contribution < -0.4 is 0 Å². The monoisotopic (exact) mass is 395 g/mol. The molecule has 1 aliphatic heterocycles. The van der Waals surface area contributed by atoms with Crippen molar-refractivity contribution in [1.29, 1.82) is 0 Å². The molecule has 0 bridgehead atoms. The number of hydrogen-bond acceptors (Lipinski definition) is 3. The number of fused-ring (bicyclic) bond motifs is 1. The molecule has 0 saturated carbocycles. The summed E-state index contributed by atoms with van der Waals surface area (Å²) in [5.41, 5.74) is 4.68. The first-order valence-electron chi connectivity index (χ1n) is 10.1. The standard InChI is InChI=1S/C24H26FNO3/c1-15-11-16(2)22-17(3)23(29-21(22)12-15)24(27)26(14-20-5-4-10-28-20)13-18-6-8-19(25)9-7-18/h6-9,11-12,20H,4-5,10,13-14H2,1-3H3. The molecule has 2 aromatic carbocycles. The Labute approximate surface area is 170 Å². The first-order valence-corrected chi connectivity index (χ1v) is 10.1. The molecule has 1 saturated heterocycles. The minimum Gasteiger partial charge on any atom is -0.451 e. The van der Waals surface area contributed by atoms with E-state index in [-0.39, 0.29) is 17.8 Å². The van der Waals surface area contributed by atoms with Crippen LogP contribution in [0.15, 0.2) is 40.8 Å². The van der Waals surface area contributed by atoms with Crippen LogP contribution in [0.4, 0.5) is 4.39 Å². The van der Waals surface area contributed by atoms with E-state index in [9.17, 15) is 9.18 Å². The molecule has 3 aromatic rings. The molecule has 152 valence electrons. The fourth-order valence-corrected chi connectivity index (χ4v) is 4.20. The third-order valence-electron chi connectivity index (χ3n) is 5.59. The summed E-state index contributed by atoms with van der Waals surface area (Å²) < 4.78 is 25.1. The second-order valence-corrected chi connectivity index (χ2v) is 7.96. The van der Waals surface area contributed by atoms with Gasteiger partial charge in [-0.25, -0.2) is 4.39 Å². The average molecular weight is 395 g/mol. The highest BCUT2D eigenvalue weighted by atomic mass is 19.1. The fraction of sp³-hybridized carbons (Fsp3) is 0.375. The van der Waals surface area contributed by atoms with E-state index in [1.54, 1.807) is 17.0 Å². The molecule has 1 unspecified atom stereocenters. The van der Waals surface area contributed by atoms with Gasteiger partial charge in [-0.2, -0.15) is 0 Å². The Kier molecular flexibility index (Phi) is 5.41. The number of nitrogens with zero attached hydrogens (tertiary/aromatic N) is 1. The number of amides is 1. The third kappa shape index (κ3) is 4.06. The van der Waals surface area contributed by atoms with E-state index in [4.69, 9.17) is 9.15 Å². The van der Waals surface area contributed by atoms with Crippen LogP contribution in [0.2, 0.25) is 0 Å². The molecule has 4 nitrogen and oxygen atoms in total. The van der Waals surface area contributed by atoms with E-state index in [0.29, 0.717) is 18.8 Å². The average Bonchev–Trinajstić information content (AvgIpc) is 3.30. The Morgan fingerprint density at radius 3 is 2.62 bits per heavy atom. The van der Waals surface area contributed by atoms with Crippen molar-refractivity contribution in [2.24, 2.45) is 0 Å². The smallest absolute Gasteiger partial charge is 0.290 e. The summed E-state index contributed by atoms with van der Waals surface area (Å²) in [7, 11) is 0. The summed E-state index contributed by atoms with van der Waals surface area (Å²) in [6.07, 6.45) is 1.96. The van der Waals surface area contributed by atoms with Gasteiger partial charge in [-0.05, 0) is 68.5 Å². The maximum atomic E-state index is 13.5. The van der Waals surface area contributed by atoms with Gasteiger partial charge < -0.3 is 14.1 Å². The van der Waals surface area contributed by atoms with Crippen LogP contribution >= 0.6 is 0 Å². The topological polar surface area (TPSA) is 42.7 Å². The molecule has 5 heteroatoms. The summed E-state index contributed by atoms with van der Waals surface area (Å²) in [4.78, 5) is 15.3. The lowest BCUT2D eigenvalue weighted by Crippen LogP contribution is -2.37. The number of furan rings is 1. The van der Waals surface area contributed by atoms with Crippen LogP contribution in [0.3, 0.4) is 0 Å². The number of carbonyl (C=O) groups excluding carboxylic acids is 1. The lowest BCUT2D eigenvalue weighted by Gasteiger charge is -2.25. The van der Waals surface area contributed by atoms with Crippen LogP contribution in [0.1, 0.15) is 45.7 Å². The van der Waals surface area contributed by atoms with Gasteiger partial charge in [0.05, 0.1) is 6.10 Å². The molecule has 1 atom stereocenters. The van der Waals surface area contributed by atoms with Crippen molar-refractivity contribution in [2.45, 2.75) is 46.3 Å². The Bertz CT molecular complexity index is 1030. The molecule has 29 heavy (non-hydrogen) atoms. The molecular formula is C24H26FNO3. The van der Waals surface area contributed by atoms with Gasteiger partial charge >= 0.3 is 0 Å². The molecule has 1 fully saturated rings. The normalized spacial score (nSPS) is 16.5. The minimum atomic E-state index is -0.287. The van der Waals surface area contributed by atoms with Gasteiger partial charge in [-0.1, -0.05) is 18.2 Å². The van der Waals surface area contributed by atoms with Crippen LogP contribution in [-0.4, -0.2) is 30.1 Å². The van der Waals surface area contributed by atoms with E-state index >= 15 is 0 Å². The Balaban J connectivity index is 1.68. The van der Waals surface area contributed by atoms with Crippen molar-refractivity contribution in [3.63, 3.8) is 0 Å². The van der Waals surface area contributed by atoms with Crippen molar-refractivity contribution >= 4 is 16.9 Å². The lowest BCUT2D eigenvalue weighted by atomic mass is 10.0. The van der Waals surface area contributed by atoms with Crippen LogP contribution in [0.5, 0.6) is 0 Å². The highest BCUT2D eigenvalue weighted by molar-refractivity contribution is 6.00. The van der Waals surface area contributed by atoms with Crippen LogP contribution in [0, 0.1) is 26.6 Å². The van der Waals surface area contributed by atoms with Crippen molar-refractivity contribution in [1.82, 2.24) is 4.90 Å². The van der Waals surface area contributed by atoms with Crippen molar-refractivity contribution < 1.29 is 18.3 Å². The molecule has 4 rings (SSSR count). The zero-order valence-corrected chi connectivity index (χ0v) is 17.1. The zero-order valence-electron chi connectivity index (χ0n) is 17.1. The number of rotatable bonds is 5. The number of hydrogen-bond donors (Lipinski definition) is 0. The lowest BCUT2D eigenvalue weighted by molar-refractivity contribution is 0.0485. The van der Waals surface area contributed by atoms with E-state index in [2.05, 4.69) is 6.07 Å². The highest BCUT2D eigenvalue weighted by Crippen LogP contribution is 2.30. The maximum Gasteiger partial charge on any atom is 0.290 e. The third-order valence-corrected chi connectivity index (χ3v) is 5.59. The van der Waals surface area contributed by atoms with Gasteiger partial charge in [0.25, 0.3) is 5.91 Å². The molecule has 1 amide bonds. The molecule has 0 spiro atoms. The van der Waals surface area contributed by atoms with Gasteiger partial charge in [-0.3, -0.25) is 4.79 Å².